The second-order valence-electron chi connectivity index (χ2n) is 3.06. The molecule has 0 aliphatic rings. The molecule has 0 bridgehead atoms. The lowest BCUT2D eigenvalue weighted by Crippen LogP contribution is -2.46. The minimum Gasteiger partial charge on any atom is -0.394 e. The maximum Gasteiger partial charge on any atom is 0.398 e. The zero-order valence-corrected chi connectivity index (χ0v) is 8.78. The van der Waals surface area contributed by atoms with Crippen molar-refractivity contribution >= 4 is 11.9 Å². The van der Waals surface area contributed by atoms with E-state index in [0.29, 0.717) is 0 Å². The Balaban J connectivity index is 4.54. The topological polar surface area (TPSA) is 134 Å². The molecule has 0 saturated heterocycles. The fourth-order valence-electron chi connectivity index (χ4n) is 0.570. The molecule has 0 radical (unpaired) electrons. The van der Waals surface area contributed by atoms with Crippen LogP contribution in [0.25, 0.3) is 0 Å². The highest BCUT2D eigenvalue weighted by Gasteiger charge is 2.38. The summed E-state index contributed by atoms with van der Waals surface area (Å²) in [6.45, 7) is 0.872. The quantitative estimate of drug-likeness (QED) is 0.304. The van der Waals surface area contributed by atoms with Gasteiger partial charge in [-0.1, -0.05) is 0 Å². The number of aliphatic hydroxyl groups is 4. The second kappa shape index (κ2) is 5.75. The summed E-state index contributed by atoms with van der Waals surface area (Å²) in [4.78, 5) is 21.7. The molecule has 0 saturated carbocycles. The van der Waals surface area contributed by atoms with Crippen LogP contribution < -0.4 is 0 Å². The van der Waals surface area contributed by atoms with Crippen molar-refractivity contribution in [3.63, 3.8) is 0 Å². The molecule has 0 amide bonds. The van der Waals surface area contributed by atoms with E-state index in [1.165, 1.54) is 0 Å². The van der Waals surface area contributed by atoms with Crippen LogP contribution in [0, 0.1) is 0 Å². The van der Waals surface area contributed by atoms with Crippen LogP contribution >= 0.6 is 0 Å². The maximum absolute atomic E-state index is 10.9. The number of carbonyl (C=O) groups is 2. The SMILES string of the molecule is CC(O)C(=O)OC(O)(CO)OC(=O)C(C)O. The molecule has 0 heterocycles. The first-order valence-electron chi connectivity index (χ1n) is 4.37. The molecule has 0 aromatic heterocycles. The Morgan fingerprint density at radius 3 is 1.62 bits per heavy atom. The summed E-state index contributed by atoms with van der Waals surface area (Å²) in [7, 11) is 0. The van der Waals surface area contributed by atoms with E-state index in [9.17, 15) is 14.7 Å². The molecular formula is C8H14O8. The lowest BCUT2D eigenvalue weighted by atomic mass is 10.4. The molecular weight excluding hydrogens is 224 g/mol. The largest absolute Gasteiger partial charge is 0.398 e. The van der Waals surface area contributed by atoms with Crippen LogP contribution in [0.3, 0.4) is 0 Å². The van der Waals surface area contributed by atoms with Crippen molar-refractivity contribution < 1.29 is 39.5 Å². The lowest BCUT2D eigenvalue weighted by Gasteiger charge is -2.25. The summed E-state index contributed by atoms with van der Waals surface area (Å²) in [5.74, 6) is -5.51. The molecule has 0 aromatic rings. The summed E-state index contributed by atoms with van der Waals surface area (Å²) in [6.07, 6.45) is -3.13. The van der Waals surface area contributed by atoms with Crippen molar-refractivity contribution in [2.45, 2.75) is 32.0 Å². The van der Waals surface area contributed by atoms with Crippen LogP contribution in [-0.2, 0) is 19.1 Å². The van der Waals surface area contributed by atoms with Gasteiger partial charge in [-0.3, -0.25) is 0 Å². The molecule has 0 fully saturated rings. The van der Waals surface area contributed by atoms with Gasteiger partial charge in [-0.25, -0.2) is 9.59 Å². The maximum atomic E-state index is 10.9. The fourth-order valence-corrected chi connectivity index (χ4v) is 0.570. The molecule has 94 valence electrons. The van der Waals surface area contributed by atoms with Gasteiger partial charge in [0.15, 0.2) is 0 Å². The predicted octanol–water partition coefficient (Wildman–Crippen LogP) is -2.53. The van der Waals surface area contributed by atoms with Crippen molar-refractivity contribution in [1.29, 1.82) is 0 Å². The molecule has 0 rings (SSSR count). The molecule has 0 aliphatic heterocycles. The molecule has 8 nitrogen and oxygen atoms in total. The van der Waals surface area contributed by atoms with E-state index < -0.39 is 36.7 Å². The highest BCUT2D eigenvalue weighted by atomic mass is 16.8. The minimum atomic E-state index is -2.91. The van der Waals surface area contributed by atoms with Gasteiger partial charge in [0, 0.05) is 0 Å². The normalized spacial score (nSPS) is 18.1. The third-order valence-electron chi connectivity index (χ3n) is 1.40. The fraction of sp³-hybridized carbons (Fsp3) is 0.750. The van der Waals surface area contributed by atoms with Crippen molar-refractivity contribution in [2.24, 2.45) is 0 Å². The Kier molecular flexibility index (Phi) is 5.31. The van der Waals surface area contributed by atoms with Gasteiger partial charge >= 0.3 is 17.9 Å². The lowest BCUT2D eigenvalue weighted by molar-refractivity contribution is -0.341. The molecule has 2 unspecified atom stereocenters. The molecule has 0 aromatic carbocycles. The third kappa shape index (κ3) is 4.53. The van der Waals surface area contributed by atoms with Crippen molar-refractivity contribution in [1.82, 2.24) is 0 Å². The van der Waals surface area contributed by atoms with Crippen LogP contribution in [0.15, 0.2) is 0 Å². The Bertz CT molecular complexity index is 237. The molecule has 0 spiro atoms. The van der Waals surface area contributed by atoms with Crippen LogP contribution in [0.1, 0.15) is 13.8 Å². The summed E-state index contributed by atoms with van der Waals surface area (Å²) in [5.41, 5.74) is 0. The van der Waals surface area contributed by atoms with E-state index in [1.807, 2.05) is 0 Å². The first-order chi connectivity index (χ1) is 7.22. The van der Waals surface area contributed by atoms with Gasteiger partial charge in [-0.2, -0.15) is 0 Å². The van der Waals surface area contributed by atoms with Gasteiger partial charge in [-0.15, -0.1) is 0 Å². The Labute approximate surface area is 91.0 Å². The summed E-state index contributed by atoms with van der Waals surface area (Å²) < 4.78 is 8.26. The highest BCUT2D eigenvalue weighted by molar-refractivity contribution is 5.76. The molecule has 4 N–H and O–H groups in total. The van der Waals surface area contributed by atoms with E-state index >= 15 is 0 Å². The Morgan fingerprint density at radius 2 is 1.44 bits per heavy atom. The predicted molar refractivity (Wildman–Crippen MR) is 47.6 cm³/mol. The Hall–Kier alpha value is -1.22. The van der Waals surface area contributed by atoms with Gasteiger partial charge in [0.05, 0.1) is 0 Å². The van der Waals surface area contributed by atoms with Crippen LogP contribution in [0.4, 0.5) is 0 Å². The average Bonchev–Trinajstić information content (AvgIpc) is 2.17. The number of hydrogen-bond acceptors (Lipinski definition) is 8. The molecule has 0 aliphatic carbocycles. The zero-order chi connectivity index (χ0) is 12.9. The summed E-state index contributed by atoms with van der Waals surface area (Å²) in [5, 5.41) is 35.5. The van der Waals surface area contributed by atoms with Crippen molar-refractivity contribution in [3.8, 4) is 0 Å². The monoisotopic (exact) mass is 238 g/mol. The Morgan fingerprint density at radius 1 is 1.12 bits per heavy atom. The summed E-state index contributed by atoms with van der Waals surface area (Å²) >= 11 is 0. The number of aliphatic hydroxyl groups excluding tert-OH is 3. The minimum absolute atomic E-state index is 1.05. The zero-order valence-electron chi connectivity index (χ0n) is 8.78. The van der Waals surface area contributed by atoms with Crippen molar-refractivity contribution in [3.05, 3.63) is 0 Å². The standard InChI is InChI=1S/C8H14O8/c1-4(10)6(12)15-8(14,3-9)16-7(13)5(2)11/h4-5,9-11,14H,3H2,1-2H3. The van der Waals surface area contributed by atoms with E-state index in [2.05, 4.69) is 9.47 Å². The van der Waals surface area contributed by atoms with E-state index in [1.54, 1.807) is 0 Å². The van der Waals surface area contributed by atoms with Gasteiger partial charge in [0.25, 0.3) is 0 Å². The first-order valence-corrected chi connectivity index (χ1v) is 4.37. The van der Waals surface area contributed by atoms with Gasteiger partial charge in [-0.05, 0) is 13.8 Å². The van der Waals surface area contributed by atoms with Crippen LogP contribution in [-0.4, -0.2) is 57.2 Å². The molecule has 2 atom stereocenters. The van der Waals surface area contributed by atoms with Crippen molar-refractivity contribution in [2.75, 3.05) is 6.61 Å². The average molecular weight is 238 g/mol. The molecule has 16 heavy (non-hydrogen) atoms. The van der Waals surface area contributed by atoms with E-state index in [0.717, 1.165) is 13.8 Å². The smallest absolute Gasteiger partial charge is 0.394 e. The van der Waals surface area contributed by atoms with E-state index in [-0.39, 0.29) is 0 Å². The highest BCUT2D eigenvalue weighted by Crippen LogP contribution is 2.11. The number of rotatable bonds is 5. The summed E-state index contributed by atoms with van der Waals surface area (Å²) in [6, 6.07) is 0. The number of hydrogen-bond donors (Lipinski definition) is 4. The van der Waals surface area contributed by atoms with Gasteiger partial charge < -0.3 is 29.9 Å². The van der Waals surface area contributed by atoms with Gasteiger partial charge in [0.2, 0.25) is 0 Å². The van der Waals surface area contributed by atoms with E-state index in [4.69, 9.17) is 15.3 Å². The van der Waals surface area contributed by atoms with Crippen LogP contribution in [0.2, 0.25) is 0 Å². The number of ether oxygens (including phenoxy) is 2. The molecule has 8 heteroatoms. The first kappa shape index (κ1) is 14.8. The number of carbonyl (C=O) groups excluding carboxylic acids is 2. The van der Waals surface area contributed by atoms with Crippen LogP contribution in [0.5, 0.6) is 0 Å². The van der Waals surface area contributed by atoms with Gasteiger partial charge in [0.1, 0.15) is 18.8 Å². The third-order valence-corrected chi connectivity index (χ3v) is 1.40. The number of esters is 2. The second-order valence-corrected chi connectivity index (χ2v) is 3.06.